The topological polar surface area (TPSA) is 20.2 Å². The van der Waals surface area contributed by atoms with Crippen LogP contribution in [0.3, 0.4) is 0 Å². The van der Waals surface area contributed by atoms with Gasteiger partial charge in [0.1, 0.15) is 6.10 Å². The van der Waals surface area contributed by atoms with Crippen molar-refractivity contribution in [1.29, 1.82) is 0 Å². The first-order valence-corrected chi connectivity index (χ1v) is 8.51. The second-order valence-corrected chi connectivity index (χ2v) is 7.27. The summed E-state index contributed by atoms with van der Waals surface area (Å²) in [5, 5.41) is 13.9. The number of fused-ring (bicyclic) bond motifs is 1. The van der Waals surface area contributed by atoms with Crippen LogP contribution in [0, 0.1) is 3.57 Å². The van der Waals surface area contributed by atoms with Crippen LogP contribution in [-0.2, 0) is 0 Å². The molecule has 0 aliphatic carbocycles. The van der Waals surface area contributed by atoms with Gasteiger partial charge in [-0.25, -0.2) is 0 Å². The van der Waals surface area contributed by atoms with Crippen LogP contribution >= 0.6 is 49.9 Å². The van der Waals surface area contributed by atoms with Gasteiger partial charge in [0.2, 0.25) is 0 Å². The molecule has 1 aromatic heterocycles. The van der Waals surface area contributed by atoms with Crippen LogP contribution < -0.4 is 0 Å². The number of aliphatic hydroxyl groups is 1. The Kier molecular flexibility index (Phi) is 3.93. The van der Waals surface area contributed by atoms with Crippen molar-refractivity contribution in [1.82, 2.24) is 0 Å². The number of hydrogen-bond donors (Lipinski definition) is 1. The van der Waals surface area contributed by atoms with Crippen molar-refractivity contribution in [2.75, 3.05) is 0 Å². The molecule has 1 unspecified atom stereocenters. The molecule has 1 heterocycles. The molecular weight excluding hydrogens is 435 g/mol. The van der Waals surface area contributed by atoms with Crippen LogP contribution in [0.15, 0.2) is 52.3 Å². The molecule has 2 aromatic carbocycles. The lowest BCUT2D eigenvalue weighted by atomic mass is 10.0. The smallest absolute Gasteiger partial charge is 0.107 e. The van der Waals surface area contributed by atoms with Gasteiger partial charge in [-0.3, -0.25) is 0 Å². The van der Waals surface area contributed by atoms with Gasteiger partial charge in [-0.1, -0.05) is 34.1 Å². The van der Waals surface area contributed by atoms with Gasteiger partial charge in [0.05, 0.1) is 0 Å². The molecule has 96 valence electrons. The van der Waals surface area contributed by atoms with Gasteiger partial charge in [-0.15, -0.1) is 11.3 Å². The molecule has 3 aromatic rings. The Morgan fingerprint density at radius 2 is 1.95 bits per heavy atom. The third kappa shape index (κ3) is 2.59. The minimum atomic E-state index is -0.605. The van der Waals surface area contributed by atoms with E-state index in [0.717, 1.165) is 23.9 Å². The van der Waals surface area contributed by atoms with Crippen LogP contribution in [0.4, 0.5) is 0 Å². The van der Waals surface area contributed by atoms with E-state index in [4.69, 9.17) is 0 Å². The fourth-order valence-electron chi connectivity index (χ4n) is 2.12. The van der Waals surface area contributed by atoms with Gasteiger partial charge in [0.25, 0.3) is 0 Å². The molecule has 0 radical (unpaired) electrons. The van der Waals surface area contributed by atoms with E-state index < -0.39 is 6.10 Å². The van der Waals surface area contributed by atoms with Crippen molar-refractivity contribution in [2.24, 2.45) is 0 Å². The second-order valence-electron chi connectivity index (χ2n) is 4.25. The minimum absolute atomic E-state index is 0.605. The molecule has 0 fully saturated rings. The third-order valence-electron chi connectivity index (χ3n) is 3.06. The normalized spacial score (nSPS) is 12.8. The number of halogens is 2. The number of aliphatic hydroxyl groups excluding tert-OH is 1. The van der Waals surface area contributed by atoms with Crippen LogP contribution in [0.25, 0.3) is 10.1 Å². The van der Waals surface area contributed by atoms with E-state index in [1.807, 2.05) is 30.3 Å². The summed E-state index contributed by atoms with van der Waals surface area (Å²) in [6.07, 6.45) is -0.605. The van der Waals surface area contributed by atoms with Gasteiger partial charge in [-0.2, -0.15) is 0 Å². The standard InChI is InChI=1S/C15H10BrIOS/c16-13-5-4-10(17)8-12(13)14(18)11-3-1-2-9-6-7-19-15(9)11/h1-8,14,18H. The molecule has 4 heteroatoms. The average molecular weight is 445 g/mol. The van der Waals surface area contributed by atoms with Crippen molar-refractivity contribution in [3.8, 4) is 0 Å². The molecule has 0 aliphatic heterocycles. The van der Waals surface area contributed by atoms with Crippen molar-refractivity contribution in [2.45, 2.75) is 6.10 Å². The quantitative estimate of drug-likeness (QED) is 0.528. The molecule has 1 nitrogen and oxygen atoms in total. The van der Waals surface area contributed by atoms with E-state index in [0.29, 0.717) is 0 Å². The van der Waals surface area contributed by atoms with Gasteiger partial charge in [0.15, 0.2) is 0 Å². The summed E-state index contributed by atoms with van der Waals surface area (Å²) in [5.74, 6) is 0. The highest BCUT2D eigenvalue weighted by molar-refractivity contribution is 14.1. The highest BCUT2D eigenvalue weighted by atomic mass is 127. The molecule has 0 spiro atoms. The van der Waals surface area contributed by atoms with E-state index in [9.17, 15) is 5.11 Å². The molecule has 3 rings (SSSR count). The fraction of sp³-hybridized carbons (Fsp3) is 0.0667. The molecule has 0 saturated heterocycles. The van der Waals surface area contributed by atoms with Crippen molar-refractivity contribution in [3.05, 3.63) is 67.0 Å². The fourth-order valence-corrected chi connectivity index (χ4v) is 4.04. The Balaban J connectivity index is 2.15. The van der Waals surface area contributed by atoms with E-state index >= 15 is 0 Å². The van der Waals surface area contributed by atoms with Gasteiger partial charge in [0, 0.05) is 23.9 Å². The first-order valence-electron chi connectivity index (χ1n) is 5.76. The maximum atomic E-state index is 10.7. The number of rotatable bonds is 2. The van der Waals surface area contributed by atoms with Crippen molar-refractivity contribution < 1.29 is 5.11 Å². The number of benzene rings is 2. The Bertz CT molecular complexity index is 738. The van der Waals surface area contributed by atoms with Gasteiger partial charge in [-0.05, 0) is 57.6 Å². The summed E-state index contributed by atoms with van der Waals surface area (Å²) in [6.45, 7) is 0. The Morgan fingerprint density at radius 3 is 2.79 bits per heavy atom. The minimum Gasteiger partial charge on any atom is -0.384 e. The molecule has 19 heavy (non-hydrogen) atoms. The Hall–Kier alpha value is -0.430. The van der Waals surface area contributed by atoms with Crippen LogP contribution in [0.1, 0.15) is 17.2 Å². The van der Waals surface area contributed by atoms with E-state index in [2.05, 4.69) is 56.0 Å². The molecule has 0 saturated carbocycles. The zero-order chi connectivity index (χ0) is 13.4. The summed E-state index contributed by atoms with van der Waals surface area (Å²) >= 11 is 7.46. The zero-order valence-electron chi connectivity index (χ0n) is 9.81. The zero-order valence-corrected chi connectivity index (χ0v) is 14.4. The Morgan fingerprint density at radius 1 is 1.11 bits per heavy atom. The van der Waals surface area contributed by atoms with Crippen LogP contribution in [0.5, 0.6) is 0 Å². The molecule has 1 N–H and O–H groups in total. The van der Waals surface area contributed by atoms with Crippen molar-refractivity contribution >= 4 is 59.9 Å². The third-order valence-corrected chi connectivity index (χ3v) is 5.43. The average Bonchev–Trinajstić information content (AvgIpc) is 2.89. The summed E-state index contributed by atoms with van der Waals surface area (Å²) in [5.41, 5.74) is 1.88. The highest BCUT2D eigenvalue weighted by Gasteiger charge is 2.17. The SMILES string of the molecule is OC(c1cc(I)ccc1Br)c1cccc2ccsc12. The molecule has 0 bridgehead atoms. The Labute approximate surface area is 137 Å². The number of thiophene rings is 1. The van der Waals surface area contributed by atoms with E-state index in [1.165, 1.54) is 5.39 Å². The summed E-state index contributed by atoms with van der Waals surface area (Å²) in [4.78, 5) is 0. The monoisotopic (exact) mass is 444 g/mol. The van der Waals surface area contributed by atoms with Crippen LogP contribution in [0.2, 0.25) is 0 Å². The summed E-state index contributed by atoms with van der Waals surface area (Å²) in [7, 11) is 0. The van der Waals surface area contributed by atoms with Gasteiger partial charge < -0.3 is 5.11 Å². The van der Waals surface area contributed by atoms with Crippen molar-refractivity contribution in [3.63, 3.8) is 0 Å². The molecule has 0 amide bonds. The first-order chi connectivity index (χ1) is 9.16. The maximum absolute atomic E-state index is 10.7. The lowest BCUT2D eigenvalue weighted by Crippen LogP contribution is -2.01. The summed E-state index contributed by atoms with van der Waals surface area (Å²) < 4.78 is 3.21. The predicted octanol–water partition coefficient (Wildman–Crippen LogP) is 5.35. The predicted molar refractivity (Wildman–Crippen MR) is 92.7 cm³/mol. The summed E-state index contributed by atoms with van der Waals surface area (Å²) in [6, 6.07) is 14.2. The molecular formula is C15H10BrIOS. The second kappa shape index (κ2) is 5.52. The van der Waals surface area contributed by atoms with Crippen LogP contribution in [-0.4, -0.2) is 5.11 Å². The van der Waals surface area contributed by atoms with E-state index in [-0.39, 0.29) is 0 Å². The maximum Gasteiger partial charge on any atom is 0.107 e. The van der Waals surface area contributed by atoms with Gasteiger partial charge >= 0.3 is 0 Å². The lowest BCUT2D eigenvalue weighted by molar-refractivity contribution is 0.221. The largest absolute Gasteiger partial charge is 0.384 e. The lowest BCUT2D eigenvalue weighted by Gasteiger charge is -2.14. The molecule has 0 aliphatic rings. The highest BCUT2D eigenvalue weighted by Crippen LogP contribution is 2.35. The first kappa shape index (κ1) is 13.5. The number of hydrogen-bond acceptors (Lipinski definition) is 2. The van der Waals surface area contributed by atoms with E-state index in [1.54, 1.807) is 11.3 Å². The molecule has 1 atom stereocenters.